The molecule has 0 spiro atoms. The van der Waals surface area contributed by atoms with Crippen molar-refractivity contribution >= 4 is 56.4 Å². The normalized spacial score (nSPS) is 18.3. The molecule has 16 nitrogen and oxygen atoms in total. The average molecular weight is 570 g/mol. The van der Waals surface area contributed by atoms with Gasteiger partial charge in [-0.05, 0) is 32.9 Å². The molecule has 2 atom stereocenters. The molecule has 0 saturated carbocycles. The van der Waals surface area contributed by atoms with Crippen LogP contribution in [0, 0.1) is 0 Å². The van der Waals surface area contributed by atoms with Gasteiger partial charge in [0.15, 0.2) is 22.3 Å². The maximum Gasteiger partial charge on any atom is 0.362 e. The summed E-state index contributed by atoms with van der Waals surface area (Å²) in [5.41, 5.74) is 5.68. The number of oxime groups is 1. The van der Waals surface area contributed by atoms with Crippen LogP contribution in [0.1, 0.15) is 32.0 Å². The molecule has 2 aromatic rings. The molecule has 204 valence electrons. The van der Waals surface area contributed by atoms with Crippen molar-refractivity contribution in [3.05, 3.63) is 34.8 Å². The molecule has 2 heterocycles. The number of aromatic hydroxyl groups is 2. The first-order valence-corrected chi connectivity index (χ1v) is 12.8. The summed E-state index contributed by atoms with van der Waals surface area (Å²) in [6, 6.07) is 1.76. The summed E-state index contributed by atoms with van der Waals surface area (Å²) in [7, 11) is -4.80. The number of carbonyl (C=O) groups excluding carboxylic acids is 3. The molecule has 7 N–H and O–H groups in total. The van der Waals surface area contributed by atoms with Crippen molar-refractivity contribution in [2.24, 2.45) is 10.3 Å². The Morgan fingerprint density at radius 2 is 2.00 bits per heavy atom. The van der Waals surface area contributed by atoms with Gasteiger partial charge in [0.25, 0.3) is 17.7 Å². The third kappa shape index (κ3) is 5.98. The Kier molecular flexibility index (Phi) is 7.89. The molecule has 38 heavy (non-hydrogen) atoms. The zero-order valence-electron chi connectivity index (χ0n) is 20.0. The minimum atomic E-state index is -4.80. The Morgan fingerprint density at radius 1 is 1.32 bits per heavy atom. The molecule has 1 aliphatic heterocycles. The number of thiazole rings is 1. The summed E-state index contributed by atoms with van der Waals surface area (Å²) in [4.78, 5) is 46.9. The molecule has 3 amide bonds. The van der Waals surface area contributed by atoms with Crippen molar-refractivity contribution in [2.75, 3.05) is 5.73 Å². The molecular formula is C20H23N7O9S2. The van der Waals surface area contributed by atoms with E-state index < -0.39 is 57.2 Å². The van der Waals surface area contributed by atoms with E-state index in [0.29, 0.717) is 0 Å². The number of hydrazone groups is 1. The van der Waals surface area contributed by atoms with Gasteiger partial charge in [-0.25, -0.2) is 14.7 Å². The Morgan fingerprint density at radius 3 is 2.58 bits per heavy atom. The highest BCUT2D eigenvalue weighted by Crippen LogP contribution is 2.27. The standard InChI is InChI=1S/C20H23N7O9S2/c1-9-13(17(31)27(9)38(33,34)35)24-16(30)14(11-8-37-19(21)23-11)26-36-20(2,3)18(32)25-22-7-10-5-4-6-12(28)15(10)29/h4-9,13,28-29H,1-3H3,(H2,21,23)(H,24,30)(H,25,32)(H,33,34,35)/b22-7-,26-14?/t9-,13-/m0/s1. The number of phenols is 2. The molecule has 0 bridgehead atoms. The molecule has 0 radical (unpaired) electrons. The van der Waals surface area contributed by atoms with Crippen molar-refractivity contribution in [3.63, 3.8) is 0 Å². The van der Waals surface area contributed by atoms with Crippen molar-refractivity contribution < 1.29 is 42.4 Å². The molecule has 1 saturated heterocycles. The number of nitrogen functional groups attached to an aromatic ring is 1. The zero-order valence-corrected chi connectivity index (χ0v) is 21.6. The van der Waals surface area contributed by atoms with Crippen LogP contribution in [0.3, 0.4) is 0 Å². The lowest BCUT2D eigenvalue weighted by Crippen LogP contribution is -2.71. The van der Waals surface area contributed by atoms with E-state index in [4.69, 9.17) is 15.1 Å². The number of rotatable bonds is 9. The number of benzene rings is 1. The number of aromatic nitrogens is 1. The lowest BCUT2D eigenvalue weighted by atomic mass is 10.0. The number of nitrogens with two attached hydrogens (primary N) is 1. The number of nitrogens with zero attached hydrogens (tertiary/aromatic N) is 4. The fraction of sp³-hybridized carbons (Fsp3) is 0.300. The van der Waals surface area contributed by atoms with Crippen LogP contribution in [0.15, 0.2) is 33.8 Å². The number of nitrogens with one attached hydrogen (secondary N) is 2. The van der Waals surface area contributed by atoms with Gasteiger partial charge in [0.2, 0.25) is 5.60 Å². The maximum absolute atomic E-state index is 12.9. The quantitative estimate of drug-likeness (QED) is 0.0724. The van der Waals surface area contributed by atoms with E-state index in [1.807, 2.05) is 0 Å². The minimum Gasteiger partial charge on any atom is -0.504 e. The summed E-state index contributed by atoms with van der Waals surface area (Å²) < 4.78 is 31.9. The molecule has 1 aromatic heterocycles. The second kappa shape index (κ2) is 10.6. The summed E-state index contributed by atoms with van der Waals surface area (Å²) in [5.74, 6) is -3.70. The zero-order chi connectivity index (χ0) is 28.4. The second-order valence-corrected chi connectivity index (χ2v) is 10.5. The van der Waals surface area contributed by atoms with Crippen LogP contribution < -0.4 is 16.5 Å². The molecule has 18 heteroatoms. The number of hydrogen-bond donors (Lipinski definition) is 6. The van der Waals surface area contributed by atoms with Gasteiger partial charge in [-0.15, -0.1) is 11.3 Å². The molecule has 1 aliphatic rings. The number of anilines is 1. The Balaban J connectivity index is 1.75. The van der Waals surface area contributed by atoms with E-state index >= 15 is 0 Å². The number of β-lactam (4-membered cyclic amide) rings is 1. The number of hydrogen-bond acceptors (Lipinski definition) is 13. The SMILES string of the molecule is C[C@H]1[C@H](NC(=O)C(=NOC(C)(C)C(=O)N/N=C\c2cccc(O)c2O)c2csc(N)n2)C(=O)N1S(=O)(=O)O. The van der Waals surface area contributed by atoms with E-state index in [9.17, 15) is 33.0 Å². The Hall–Kier alpha value is -4.29. The highest BCUT2D eigenvalue weighted by molar-refractivity contribution is 7.84. The third-order valence-electron chi connectivity index (χ3n) is 5.18. The van der Waals surface area contributed by atoms with Crippen molar-refractivity contribution in [1.82, 2.24) is 20.0 Å². The molecule has 0 unspecified atom stereocenters. The molecule has 1 fully saturated rings. The largest absolute Gasteiger partial charge is 0.504 e. The van der Waals surface area contributed by atoms with Gasteiger partial charge in [-0.3, -0.25) is 18.9 Å². The smallest absolute Gasteiger partial charge is 0.362 e. The van der Waals surface area contributed by atoms with Gasteiger partial charge in [-0.2, -0.15) is 13.5 Å². The molecule has 1 aromatic carbocycles. The topological polar surface area (TPSA) is 246 Å². The van der Waals surface area contributed by atoms with Gasteiger partial charge in [0.05, 0.1) is 12.3 Å². The monoisotopic (exact) mass is 569 g/mol. The average Bonchev–Trinajstić information content (AvgIpc) is 3.25. The lowest BCUT2D eigenvalue weighted by Gasteiger charge is -2.42. The first kappa shape index (κ1) is 28.3. The first-order chi connectivity index (χ1) is 17.6. The van der Waals surface area contributed by atoms with E-state index in [0.717, 1.165) is 17.6 Å². The third-order valence-corrected chi connectivity index (χ3v) is 6.86. The van der Waals surface area contributed by atoms with E-state index in [1.54, 1.807) is 0 Å². The lowest BCUT2D eigenvalue weighted by molar-refractivity contribution is -0.144. The maximum atomic E-state index is 12.9. The fourth-order valence-electron chi connectivity index (χ4n) is 3.06. The Labute approximate surface area is 219 Å². The predicted octanol–water partition coefficient (Wildman–Crippen LogP) is -0.696. The highest BCUT2D eigenvalue weighted by Gasteiger charge is 2.51. The summed E-state index contributed by atoms with van der Waals surface area (Å²) in [5, 5.41) is 30.5. The van der Waals surface area contributed by atoms with Crippen LogP contribution in [0.5, 0.6) is 11.5 Å². The number of carbonyl (C=O) groups is 3. The van der Waals surface area contributed by atoms with Crippen LogP contribution in [-0.2, 0) is 29.5 Å². The molecule has 0 aliphatic carbocycles. The summed E-state index contributed by atoms with van der Waals surface area (Å²) >= 11 is 0.970. The number of phenolic OH excluding ortho intramolecular Hbond substituents is 2. The van der Waals surface area contributed by atoms with Crippen LogP contribution in [0.25, 0.3) is 0 Å². The summed E-state index contributed by atoms with van der Waals surface area (Å²) in [6.07, 6.45) is 1.08. The summed E-state index contributed by atoms with van der Waals surface area (Å²) in [6.45, 7) is 3.90. The van der Waals surface area contributed by atoms with Crippen LogP contribution in [0.4, 0.5) is 5.13 Å². The minimum absolute atomic E-state index is 0.0512. The second-order valence-electron chi connectivity index (χ2n) is 8.33. The number of amides is 3. The van der Waals surface area contributed by atoms with Gasteiger partial charge < -0.3 is 26.1 Å². The fourth-order valence-corrected chi connectivity index (χ4v) is 4.49. The van der Waals surface area contributed by atoms with Crippen LogP contribution in [0.2, 0.25) is 0 Å². The van der Waals surface area contributed by atoms with Gasteiger partial charge >= 0.3 is 10.3 Å². The van der Waals surface area contributed by atoms with E-state index in [1.165, 1.54) is 44.4 Å². The van der Waals surface area contributed by atoms with Crippen molar-refractivity contribution in [2.45, 2.75) is 38.5 Å². The van der Waals surface area contributed by atoms with Crippen LogP contribution >= 0.6 is 11.3 Å². The van der Waals surface area contributed by atoms with Gasteiger partial charge in [0.1, 0.15) is 11.7 Å². The van der Waals surface area contributed by atoms with E-state index in [-0.39, 0.29) is 26.4 Å². The van der Waals surface area contributed by atoms with E-state index in [2.05, 4.69) is 26.0 Å². The molecule has 3 rings (SSSR count). The van der Waals surface area contributed by atoms with Crippen molar-refractivity contribution in [3.8, 4) is 11.5 Å². The van der Waals surface area contributed by atoms with Crippen LogP contribution in [-0.4, -0.2) is 79.8 Å². The van der Waals surface area contributed by atoms with Gasteiger partial charge in [-0.1, -0.05) is 11.2 Å². The first-order valence-electron chi connectivity index (χ1n) is 10.6. The van der Waals surface area contributed by atoms with Crippen molar-refractivity contribution in [1.29, 1.82) is 0 Å². The highest BCUT2D eigenvalue weighted by atomic mass is 32.2. The molecular weight excluding hydrogens is 546 g/mol. The predicted molar refractivity (Wildman–Crippen MR) is 134 cm³/mol. The Bertz CT molecular complexity index is 1440. The van der Waals surface area contributed by atoms with Gasteiger partial charge in [0, 0.05) is 10.9 Å². The number of para-hydroxylation sites is 1.